The smallest absolute Gasteiger partial charge is 0.0615 e. The molecule has 0 saturated carbocycles. The molecule has 0 radical (unpaired) electrons. The maximum Gasteiger partial charge on any atom is 0.0615 e. The largest absolute Gasteiger partial charge is 0.285 e. The van der Waals surface area contributed by atoms with Crippen LogP contribution in [0.25, 0.3) is 0 Å². The van der Waals surface area contributed by atoms with Gasteiger partial charge in [-0.05, 0) is 17.5 Å². The van der Waals surface area contributed by atoms with Crippen LogP contribution in [-0.4, -0.2) is 18.1 Å². The number of fused-ring (bicyclic) bond motifs is 1. The Labute approximate surface area is 78.5 Å². The highest BCUT2D eigenvalue weighted by atomic mass is 15.3. The number of nitrogens with zero attached hydrogens (tertiary/aromatic N) is 1. The van der Waals surface area contributed by atoms with Gasteiger partial charge in [0.25, 0.3) is 0 Å². The van der Waals surface area contributed by atoms with E-state index in [2.05, 4.69) is 34.6 Å². The Morgan fingerprint density at radius 1 is 1.31 bits per heavy atom. The molecule has 3 nitrogen and oxygen atoms in total. The van der Waals surface area contributed by atoms with Crippen LogP contribution in [0.4, 0.5) is 0 Å². The molecule has 1 heterocycles. The second-order valence-electron chi connectivity index (χ2n) is 3.43. The van der Waals surface area contributed by atoms with E-state index >= 15 is 0 Å². The molecule has 0 atom stereocenters. The van der Waals surface area contributed by atoms with Gasteiger partial charge in [-0.15, -0.1) is 0 Å². The van der Waals surface area contributed by atoms with Gasteiger partial charge in [-0.25, -0.2) is 5.43 Å². The highest BCUT2D eigenvalue weighted by molar-refractivity contribution is 5.28. The van der Waals surface area contributed by atoms with Gasteiger partial charge in [0.1, 0.15) is 0 Å². The quantitative estimate of drug-likeness (QED) is 0.509. The first kappa shape index (κ1) is 8.69. The van der Waals surface area contributed by atoms with Crippen LogP contribution in [-0.2, 0) is 13.0 Å². The van der Waals surface area contributed by atoms with Crippen molar-refractivity contribution in [2.75, 3.05) is 13.2 Å². The van der Waals surface area contributed by atoms with E-state index in [4.69, 9.17) is 5.84 Å². The summed E-state index contributed by atoms with van der Waals surface area (Å²) in [6.45, 7) is 2.88. The number of hydrogen-bond acceptors (Lipinski definition) is 3. The van der Waals surface area contributed by atoms with Crippen LogP contribution in [0.3, 0.4) is 0 Å². The Bertz CT molecular complexity index is 285. The zero-order valence-electron chi connectivity index (χ0n) is 7.66. The van der Waals surface area contributed by atoms with Crippen LogP contribution < -0.4 is 11.3 Å². The number of hydrogen-bond donors (Lipinski definition) is 2. The molecular weight excluding hydrogens is 162 g/mol. The topological polar surface area (TPSA) is 41.3 Å². The first-order chi connectivity index (χ1) is 6.40. The first-order valence-corrected chi connectivity index (χ1v) is 4.63. The van der Waals surface area contributed by atoms with E-state index in [9.17, 15) is 0 Å². The Kier molecular flexibility index (Phi) is 2.59. The highest BCUT2D eigenvalue weighted by Crippen LogP contribution is 2.17. The summed E-state index contributed by atoms with van der Waals surface area (Å²) in [5, 5.41) is 0. The van der Waals surface area contributed by atoms with Gasteiger partial charge in [0, 0.05) is 13.1 Å². The molecule has 1 aromatic carbocycles. The van der Waals surface area contributed by atoms with Crippen molar-refractivity contribution in [1.82, 2.24) is 10.3 Å². The van der Waals surface area contributed by atoms with Gasteiger partial charge in [-0.3, -0.25) is 10.7 Å². The molecule has 0 spiro atoms. The van der Waals surface area contributed by atoms with Gasteiger partial charge in [0.05, 0.1) is 6.67 Å². The van der Waals surface area contributed by atoms with E-state index < -0.39 is 0 Å². The van der Waals surface area contributed by atoms with Gasteiger partial charge in [0.2, 0.25) is 0 Å². The lowest BCUT2D eigenvalue weighted by molar-refractivity contribution is 0.235. The van der Waals surface area contributed by atoms with E-state index in [0.29, 0.717) is 0 Å². The molecular formula is C10H15N3. The lowest BCUT2D eigenvalue weighted by Gasteiger charge is -2.27. The fraction of sp³-hybridized carbons (Fsp3) is 0.400. The fourth-order valence-electron chi connectivity index (χ4n) is 1.82. The summed E-state index contributed by atoms with van der Waals surface area (Å²) in [6.07, 6.45) is 1.14. The highest BCUT2D eigenvalue weighted by Gasteiger charge is 2.13. The third kappa shape index (κ3) is 1.88. The van der Waals surface area contributed by atoms with Crippen molar-refractivity contribution in [3.63, 3.8) is 0 Å². The van der Waals surface area contributed by atoms with Crippen molar-refractivity contribution >= 4 is 0 Å². The summed E-state index contributed by atoms with van der Waals surface area (Å²) in [5.74, 6) is 5.29. The number of hydrazine groups is 1. The molecule has 3 N–H and O–H groups in total. The average Bonchev–Trinajstić information content (AvgIpc) is 2.18. The van der Waals surface area contributed by atoms with Gasteiger partial charge >= 0.3 is 0 Å². The molecule has 1 aliphatic rings. The summed E-state index contributed by atoms with van der Waals surface area (Å²) in [6, 6.07) is 8.61. The van der Waals surface area contributed by atoms with Crippen molar-refractivity contribution in [2.24, 2.45) is 5.84 Å². The maximum absolute atomic E-state index is 5.29. The van der Waals surface area contributed by atoms with Crippen molar-refractivity contribution < 1.29 is 0 Å². The average molecular weight is 177 g/mol. The molecule has 0 aliphatic carbocycles. The molecule has 70 valence electrons. The number of benzene rings is 1. The fourth-order valence-corrected chi connectivity index (χ4v) is 1.82. The van der Waals surface area contributed by atoms with E-state index in [-0.39, 0.29) is 0 Å². The summed E-state index contributed by atoms with van der Waals surface area (Å²) >= 11 is 0. The van der Waals surface area contributed by atoms with Gasteiger partial charge in [-0.1, -0.05) is 24.3 Å². The number of nitrogens with one attached hydrogen (secondary N) is 1. The Morgan fingerprint density at radius 2 is 2.08 bits per heavy atom. The van der Waals surface area contributed by atoms with E-state index in [1.165, 1.54) is 11.1 Å². The van der Waals surface area contributed by atoms with Crippen molar-refractivity contribution in [2.45, 2.75) is 13.0 Å². The first-order valence-electron chi connectivity index (χ1n) is 4.63. The molecule has 0 saturated heterocycles. The minimum absolute atomic E-state index is 0.772. The Balaban J connectivity index is 2.11. The molecule has 0 unspecified atom stereocenters. The minimum atomic E-state index is 0.772. The van der Waals surface area contributed by atoms with E-state index in [0.717, 1.165) is 26.2 Å². The second kappa shape index (κ2) is 3.87. The van der Waals surface area contributed by atoms with Crippen LogP contribution >= 0.6 is 0 Å². The zero-order valence-corrected chi connectivity index (χ0v) is 7.66. The summed E-state index contributed by atoms with van der Waals surface area (Å²) in [4.78, 5) is 2.31. The van der Waals surface area contributed by atoms with Crippen LogP contribution in [0.1, 0.15) is 11.1 Å². The molecule has 2 rings (SSSR count). The lowest BCUT2D eigenvalue weighted by Crippen LogP contribution is -2.40. The van der Waals surface area contributed by atoms with Gasteiger partial charge in [-0.2, -0.15) is 0 Å². The Morgan fingerprint density at radius 3 is 2.85 bits per heavy atom. The van der Waals surface area contributed by atoms with E-state index in [1.807, 2.05) is 0 Å². The third-order valence-corrected chi connectivity index (χ3v) is 2.52. The minimum Gasteiger partial charge on any atom is -0.285 e. The SMILES string of the molecule is NNCN1CCc2ccccc2C1. The summed E-state index contributed by atoms with van der Waals surface area (Å²) in [7, 11) is 0. The molecule has 3 heteroatoms. The predicted molar refractivity (Wildman–Crippen MR) is 52.7 cm³/mol. The molecule has 0 amide bonds. The maximum atomic E-state index is 5.29. The second-order valence-corrected chi connectivity index (χ2v) is 3.43. The standard InChI is InChI=1S/C10H15N3/c11-12-8-13-6-5-9-3-1-2-4-10(9)7-13/h1-4,12H,5-8,11H2. The molecule has 13 heavy (non-hydrogen) atoms. The molecule has 1 aromatic rings. The number of nitrogens with two attached hydrogens (primary N) is 1. The lowest BCUT2D eigenvalue weighted by atomic mass is 10.0. The monoisotopic (exact) mass is 177 g/mol. The van der Waals surface area contributed by atoms with Crippen LogP contribution in [0.15, 0.2) is 24.3 Å². The van der Waals surface area contributed by atoms with Gasteiger partial charge < -0.3 is 0 Å². The normalized spacial score (nSPS) is 17.0. The third-order valence-electron chi connectivity index (χ3n) is 2.52. The zero-order chi connectivity index (χ0) is 9.10. The summed E-state index contributed by atoms with van der Waals surface area (Å²) < 4.78 is 0. The predicted octanol–water partition coefficient (Wildman–Crippen LogP) is 0.466. The van der Waals surface area contributed by atoms with Crippen LogP contribution in [0, 0.1) is 0 Å². The molecule has 1 aliphatic heterocycles. The number of rotatable bonds is 2. The Hall–Kier alpha value is -0.900. The van der Waals surface area contributed by atoms with Crippen molar-refractivity contribution in [1.29, 1.82) is 0 Å². The van der Waals surface area contributed by atoms with E-state index in [1.54, 1.807) is 0 Å². The summed E-state index contributed by atoms with van der Waals surface area (Å²) in [5.41, 5.74) is 5.61. The van der Waals surface area contributed by atoms with Crippen molar-refractivity contribution in [3.05, 3.63) is 35.4 Å². The molecule has 0 aromatic heterocycles. The van der Waals surface area contributed by atoms with Crippen LogP contribution in [0.2, 0.25) is 0 Å². The van der Waals surface area contributed by atoms with Crippen molar-refractivity contribution in [3.8, 4) is 0 Å². The van der Waals surface area contributed by atoms with Crippen LogP contribution in [0.5, 0.6) is 0 Å². The molecule has 0 fully saturated rings. The molecule has 0 bridgehead atoms. The van der Waals surface area contributed by atoms with Gasteiger partial charge in [0.15, 0.2) is 0 Å².